The first-order chi connectivity index (χ1) is 14.7. The third kappa shape index (κ3) is 2.97. The highest BCUT2D eigenvalue weighted by atomic mass is 19.1. The zero-order valence-corrected chi connectivity index (χ0v) is 16.3. The van der Waals surface area contributed by atoms with Gasteiger partial charge < -0.3 is 10.0 Å². The molecule has 5 rings (SSSR count). The van der Waals surface area contributed by atoms with Gasteiger partial charge in [-0.25, -0.2) is 22.9 Å². The van der Waals surface area contributed by atoms with Crippen LogP contribution in [0.5, 0.6) is 0 Å². The number of nitrogens with zero attached hydrogens (tertiary/aromatic N) is 4. The number of hydrogen-bond donors (Lipinski definition) is 1. The molecule has 2 saturated heterocycles. The molecule has 160 valence electrons. The van der Waals surface area contributed by atoms with E-state index in [4.69, 9.17) is 0 Å². The predicted molar refractivity (Wildman–Crippen MR) is 106 cm³/mol. The van der Waals surface area contributed by atoms with Gasteiger partial charge in [0.15, 0.2) is 17.3 Å². The molecule has 2 bridgehead atoms. The van der Waals surface area contributed by atoms with Gasteiger partial charge in [0.2, 0.25) is 5.43 Å². The van der Waals surface area contributed by atoms with Crippen LogP contribution < -0.4 is 10.3 Å². The van der Waals surface area contributed by atoms with E-state index < -0.39 is 34.4 Å². The quantitative estimate of drug-likeness (QED) is 0.688. The second kappa shape index (κ2) is 6.81. The Morgan fingerprint density at radius 3 is 2.52 bits per heavy atom. The Balaban J connectivity index is 1.77. The number of piperazine rings is 1. The van der Waals surface area contributed by atoms with Crippen LogP contribution in [-0.4, -0.2) is 57.7 Å². The van der Waals surface area contributed by atoms with E-state index >= 15 is 4.39 Å². The van der Waals surface area contributed by atoms with Crippen LogP contribution in [0, 0.1) is 17.5 Å². The minimum atomic E-state index is -1.55. The highest BCUT2D eigenvalue weighted by molar-refractivity contribution is 5.92. The molecule has 0 aliphatic carbocycles. The minimum absolute atomic E-state index is 0.0202. The smallest absolute Gasteiger partial charge is 0.341 e. The molecule has 0 spiro atoms. The summed E-state index contributed by atoms with van der Waals surface area (Å²) in [6.45, 7) is 1.29. The highest BCUT2D eigenvalue weighted by Crippen LogP contribution is 2.35. The van der Waals surface area contributed by atoms with Crippen molar-refractivity contribution in [1.82, 2.24) is 14.5 Å². The number of aromatic nitrogens is 2. The van der Waals surface area contributed by atoms with Crippen molar-refractivity contribution in [2.75, 3.05) is 25.0 Å². The predicted octanol–water partition coefficient (Wildman–Crippen LogP) is 2.39. The average molecular weight is 430 g/mol. The molecule has 2 unspecified atom stereocenters. The lowest BCUT2D eigenvalue weighted by Gasteiger charge is -2.33. The van der Waals surface area contributed by atoms with Crippen molar-refractivity contribution in [2.45, 2.75) is 18.5 Å². The molecular weight excluding hydrogens is 413 g/mol. The van der Waals surface area contributed by atoms with E-state index in [0.29, 0.717) is 12.6 Å². The summed E-state index contributed by atoms with van der Waals surface area (Å²) in [5.41, 5.74) is -1.91. The van der Waals surface area contributed by atoms with Crippen molar-refractivity contribution >= 4 is 22.8 Å². The largest absolute Gasteiger partial charge is 0.477 e. The summed E-state index contributed by atoms with van der Waals surface area (Å²) < 4.78 is 44.0. The van der Waals surface area contributed by atoms with E-state index in [1.165, 1.54) is 0 Å². The zero-order chi connectivity index (χ0) is 22.0. The minimum Gasteiger partial charge on any atom is -0.477 e. The number of carboxylic acid groups (broad SMARTS) is 1. The number of hydrogen-bond acceptors (Lipinski definition) is 5. The lowest BCUT2D eigenvalue weighted by atomic mass is 10.1. The summed E-state index contributed by atoms with van der Waals surface area (Å²) in [6, 6.07) is 4.00. The number of carboxylic acids is 1. The number of carbonyl (C=O) groups is 1. The van der Waals surface area contributed by atoms with Crippen LogP contribution in [0.1, 0.15) is 16.8 Å². The molecule has 1 N–H and O–H groups in total. The monoisotopic (exact) mass is 430 g/mol. The summed E-state index contributed by atoms with van der Waals surface area (Å²) in [4.78, 5) is 32.6. The first kappa shape index (κ1) is 19.6. The van der Waals surface area contributed by atoms with Gasteiger partial charge in [0.05, 0.1) is 11.1 Å². The van der Waals surface area contributed by atoms with Crippen molar-refractivity contribution in [3.8, 4) is 5.69 Å². The van der Waals surface area contributed by atoms with Crippen molar-refractivity contribution < 1.29 is 23.1 Å². The molecule has 2 aliphatic heterocycles. The van der Waals surface area contributed by atoms with Gasteiger partial charge in [0.1, 0.15) is 17.2 Å². The molecule has 10 heteroatoms. The molecule has 1 aromatic carbocycles. The molecule has 0 amide bonds. The van der Waals surface area contributed by atoms with Gasteiger partial charge in [0, 0.05) is 37.4 Å². The van der Waals surface area contributed by atoms with Crippen LogP contribution in [0.4, 0.5) is 19.0 Å². The summed E-state index contributed by atoms with van der Waals surface area (Å²) in [5.74, 6) is -4.08. The Labute approximate surface area is 173 Å². The Morgan fingerprint density at radius 1 is 1.13 bits per heavy atom. The summed E-state index contributed by atoms with van der Waals surface area (Å²) in [5, 5.41) is 9.11. The van der Waals surface area contributed by atoms with Crippen molar-refractivity contribution in [3.05, 3.63) is 63.7 Å². The number of likely N-dealkylation sites (N-methyl/N-ethyl adjacent to an activating group) is 1. The van der Waals surface area contributed by atoms with E-state index in [1.54, 1.807) is 0 Å². The lowest BCUT2D eigenvalue weighted by Crippen LogP contribution is -2.45. The van der Waals surface area contributed by atoms with Crippen molar-refractivity contribution in [2.24, 2.45) is 0 Å². The van der Waals surface area contributed by atoms with Crippen LogP contribution in [0.25, 0.3) is 16.7 Å². The maximum absolute atomic E-state index is 15.0. The molecule has 31 heavy (non-hydrogen) atoms. The summed E-state index contributed by atoms with van der Waals surface area (Å²) in [6.07, 6.45) is 1.79. The summed E-state index contributed by atoms with van der Waals surface area (Å²) >= 11 is 0. The molecule has 3 aromatic rings. The molecule has 2 atom stereocenters. The van der Waals surface area contributed by atoms with E-state index in [0.717, 1.165) is 41.9 Å². The maximum Gasteiger partial charge on any atom is 0.341 e. The Kier molecular flexibility index (Phi) is 4.30. The number of fused-ring (bicyclic) bond motifs is 3. The number of aromatic carboxylic acids is 1. The second-order valence-corrected chi connectivity index (χ2v) is 7.94. The fraction of sp³-hybridized carbons (Fsp3) is 0.286. The number of rotatable bonds is 3. The van der Waals surface area contributed by atoms with E-state index in [9.17, 15) is 23.5 Å². The molecule has 2 aromatic heterocycles. The fourth-order valence-electron chi connectivity index (χ4n) is 4.55. The van der Waals surface area contributed by atoms with Crippen LogP contribution in [-0.2, 0) is 0 Å². The Morgan fingerprint density at radius 2 is 1.90 bits per heavy atom. The first-order valence-electron chi connectivity index (χ1n) is 9.66. The highest BCUT2D eigenvalue weighted by Gasteiger charge is 2.43. The molecule has 2 fully saturated rings. The zero-order valence-electron chi connectivity index (χ0n) is 16.3. The number of likely N-dealkylation sites (tertiary alicyclic amines) is 1. The van der Waals surface area contributed by atoms with Crippen LogP contribution in [0.3, 0.4) is 0 Å². The third-order valence-corrected chi connectivity index (χ3v) is 6.10. The molecule has 2 aliphatic rings. The Hall–Kier alpha value is -3.40. The van der Waals surface area contributed by atoms with Gasteiger partial charge in [-0.3, -0.25) is 14.3 Å². The average Bonchev–Trinajstić information content (AvgIpc) is 3.28. The molecule has 7 nitrogen and oxygen atoms in total. The van der Waals surface area contributed by atoms with E-state index in [1.807, 2.05) is 11.9 Å². The number of pyridine rings is 2. The van der Waals surface area contributed by atoms with Gasteiger partial charge in [0.25, 0.3) is 0 Å². The summed E-state index contributed by atoms with van der Waals surface area (Å²) in [7, 11) is 1.99. The number of benzene rings is 1. The van der Waals surface area contributed by atoms with Gasteiger partial charge in [-0.1, -0.05) is 0 Å². The normalized spacial score (nSPS) is 20.7. The van der Waals surface area contributed by atoms with Gasteiger partial charge >= 0.3 is 5.97 Å². The number of halogens is 3. The molecule has 0 saturated carbocycles. The van der Waals surface area contributed by atoms with Crippen molar-refractivity contribution in [1.29, 1.82) is 0 Å². The van der Waals surface area contributed by atoms with E-state index in [2.05, 4.69) is 9.88 Å². The SMILES string of the molecule is CN1CC2CC1CN2c1nc2c(cc1F)c(=O)c(C(=O)O)cn2-c1ccc(F)cc1F. The standard InChI is InChI=1S/C21H17F3N4O3/c1-26-7-12-5-11(26)8-27(12)20-16(24)6-13-18(29)14(21(30)31)9-28(19(13)25-20)17-3-2-10(22)4-15(17)23/h2-4,6,9,11-12H,5,7-8H2,1H3,(H,30,31). The topological polar surface area (TPSA) is 78.7 Å². The van der Waals surface area contributed by atoms with Crippen LogP contribution >= 0.6 is 0 Å². The van der Waals surface area contributed by atoms with E-state index in [-0.39, 0.29) is 34.6 Å². The molecular formula is C21H17F3N4O3. The van der Waals surface area contributed by atoms with Crippen LogP contribution in [0.2, 0.25) is 0 Å². The number of anilines is 1. The maximum atomic E-state index is 15.0. The molecule has 4 heterocycles. The van der Waals surface area contributed by atoms with Gasteiger partial charge in [-0.2, -0.15) is 0 Å². The lowest BCUT2D eigenvalue weighted by molar-refractivity contribution is 0.0695. The molecule has 0 radical (unpaired) electrons. The Bertz CT molecular complexity index is 1310. The second-order valence-electron chi connectivity index (χ2n) is 7.94. The van der Waals surface area contributed by atoms with Gasteiger partial charge in [-0.15, -0.1) is 0 Å². The van der Waals surface area contributed by atoms with Crippen LogP contribution in [0.15, 0.2) is 35.3 Å². The van der Waals surface area contributed by atoms with Gasteiger partial charge in [-0.05, 0) is 31.7 Å². The third-order valence-electron chi connectivity index (χ3n) is 6.10. The fourth-order valence-corrected chi connectivity index (χ4v) is 4.55. The van der Waals surface area contributed by atoms with Crippen molar-refractivity contribution in [3.63, 3.8) is 0 Å². The first-order valence-corrected chi connectivity index (χ1v) is 9.66.